The van der Waals surface area contributed by atoms with Crippen LogP contribution in [0.15, 0.2) is 115 Å². The van der Waals surface area contributed by atoms with E-state index in [4.69, 9.17) is 19.2 Å². The number of benzene rings is 3. The molecule has 4 fully saturated rings. The van der Waals surface area contributed by atoms with E-state index < -0.39 is 18.3 Å². The van der Waals surface area contributed by atoms with E-state index in [1.165, 1.54) is 11.1 Å². The van der Waals surface area contributed by atoms with Gasteiger partial charge in [0.05, 0.1) is 31.2 Å². The van der Waals surface area contributed by atoms with Gasteiger partial charge in [0, 0.05) is 36.5 Å². The van der Waals surface area contributed by atoms with Gasteiger partial charge in [0.15, 0.2) is 0 Å². The van der Waals surface area contributed by atoms with Crippen LogP contribution in [0.2, 0.25) is 0 Å². The smallest absolute Gasteiger partial charge is 0.306 e. The maximum absolute atomic E-state index is 11.7. The highest BCUT2D eigenvalue weighted by Gasteiger charge is 2.50. The first-order valence-electron chi connectivity index (χ1n) is 18.5. The Morgan fingerprint density at radius 3 is 1.65 bits per heavy atom. The number of aliphatic hydroxyl groups is 3. The first kappa shape index (κ1) is 37.6. The lowest BCUT2D eigenvalue weighted by Crippen LogP contribution is -2.22. The zero-order chi connectivity index (χ0) is 36.3. The van der Waals surface area contributed by atoms with Crippen molar-refractivity contribution in [2.75, 3.05) is 0 Å². The van der Waals surface area contributed by atoms with E-state index in [9.17, 15) is 24.9 Å². The highest BCUT2D eigenvalue weighted by Crippen LogP contribution is 2.44. The third-order valence-corrected chi connectivity index (χ3v) is 10.6. The molecule has 4 aliphatic rings. The van der Waals surface area contributed by atoms with Crippen molar-refractivity contribution in [3.05, 3.63) is 132 Å². The van der Waals surface area contributed by atoms with E-state index in [0.29, 0.717) is 45.1 Å². The lowest BCUT2D eigenvalue weighted by Gasteiger charge is -2.19. The highest BCUT2D eigenvalue weighted by atomic mass is 17.2. The fraction of sp³-hybridized carbons (Fsp3) is 0.442. The molecular weight excluding hydrogens is 660 g/mol. The lowest BCUT2D eigenvalue weighted by atomic mass is 9.91. The zero-order valence-corrected chi connectivity index (χ0v) is 29.4. The molecular formula is C43H50O9. The Morgan fingerprint density at radius 2 is 1.12 bits per heavy atom. The van der Waals surface area contributed by atoms with E-state index >= 15 is 0 Å². The van der Waals surface area contributed by atoms with Crippen molar-refractivity contribution >= 4 is 11.9 Å². The maximum atomic E-state index is 11.7. The molecule has 7 rings (SSSR count). The molecule has 0 radical (unpaired) electrons. The predicted octanol–water partition coefficient (Wildman–Crippen LogP) is 5.85. The summed E-state index contributed by atoms with van der Waals surface area (Å²) in [7, 11) is 0. The van der Waals surface area contributed by atoms with Crippen LogP contribution in [0.4, 0.5) is 0 Å². The molecule has 2 saturated heterocycles. The third-order valence-electron chi connectivity index (χ3n) is 10.6. The molecule has 0 unspecified atom stereocenters. The lowest BCUT2D eigenvalue weighted by molar-refractivity contribution is -0.337. The minimum Gasteiger partial charge on any atom is -0.462 e. The van der Waals surface area contributed by atoms with E-state index in [1.54, 1.807) is 6.08 Å². The van der Waals surface area contributed by atoms with Crippen molar-refractivity contribution in [1.29, 1.82) is 0 Å². The largest absolute Gasteiger partial charge is 0.462 e. The molecule has 2 saturated carbocycles. The van der Waals surface area contributed by atoms with Crippen molar-refractivity contribution in [3.8, 4) is 0 Å². The van der Waals surface area contributed by atoms with Crippen molar-refractivity contribution in [1.82, 2.24) is 0 Å². The van der Waals surface area contributed by atoms with Gasteiger partial charge in [-0.1, -0.05) is 115 Å². The van der Waals surface area contributed by atoms with Crippen molar-refractivity contribution in [3.63, 3.8) is 0 Å². The summed E-state index contributed by atoms with van der Waals surface area (Å²) in [6.07, 6.45) is 10.2. The number of hydrogen-bond acceptors (Lipinski definition) is 9. The Balaban J connectivity index is 0.000000187. The van der Waals surface area contributed by atoms with Crippen LogP contribution in [0.25, 0.3) is 0 Å². The molecule has 0 spiro atoms. The fourth-order valence-electron chi connectivity index (χ4n) is 7.84. The van der Waals surface area contributed by atoms with Gasteiger partial charge in [0.25, 0.3) is 0 Å². The Morgan fingerprint density at radius 1 is 0.654 bits per heavy atom. The Kier molecular flexibility index (Phi) is 13.4. The third kappa shape index (κ3) is 10.5. The number of hydrogen-bond donors (Lipinski definition) is 3. The normalized spacial score (nSPS) is 29.0. The number of esters is 2. The molecule has 2 aliphatic heterocycles. The predicted molar refractivity (Wildman–Crippen MR) is 194 cm³/mol. The van der Waals surface area contributed by atoms with Gasteiger partial charge >= 0.3 is 11.9 Å². The van der Waals surface area contributed by atoms with E-state index in [1.807, 2.05) is 97.1 Å². The van der Waals surface area contributed by atoms with Crippen LogP contribution in [0.1, 0.15) is 55.2 Å². The Hall–Kier alpha value is -4.12. The standard InChI is InChI=1S/C25H28O5.C18H22O4/c26-20(12-11-18-7-3-1-4-8-18)13-14-21-22-15-25(27)29-23(22)16-24(21)30-28-17-19-9-5-2-6-10-19;19-13(7-6-12-4-2-1-3-5-12)8-9-14-15-10-18(21)22-17(15)11-16(14)20/h1-10,13-14,20-24,26H,11-12,15-17H2;1-5,8-9,13-17,19-20H,6-7,10-11H2/b14-13+;9-8+/t20-,21+,22+,23-,24+;13-,14+,15+,16+,17-/m00/s1. The molecule has 9 nitrogen and oxygen atoms in total. The second-order valence-corrected chi connectivity index (χ2v) is 14.3. The number of aliphatic hydroxyl groups excluding tert-OH is 3. The number of fused-ring (bicyclic) bond motifs is 2. The minimum absolute atomic E-state index is 0.0244. The van der Waals surface area contributed by atoms with Crippen LogP contribution in [-0.4, -0.2) is 63.9 Å². The summed E-state index contributed by atoms with van der Waals surface area (Å²) in [6, 6.07) is 30.0. The van der Waals surface area contributed by atoms with E-state index in [2.05, 4.69) is 12.1 Å². The molecule has 0 aromatic heterocycles. The monoisotopic (exact) mass is 710 g/mol. The molecule has 9 heteroatoms. The maximum Gasteiger partial charge on any atom is 0.306 e. The van der Waals surface area contributed by atoms with Gasteiger partial charge in [-0.05, 0) is 42.4 Å². The first-order chi connectivity index (χ1) is 25.3. The van der Waals surface area contributed by atoms with Crippen LogP contribution in [-0.2, 0) is 48.3 Å². The van der Waals surface area contributed by atoms with Gasteiger partial charge in [0.1, 0.15) is 24.9 Å². The van der Waals surface area contributed by atoms with Crippen molar-refractivity contribution in [2.45, 2.75) is 94.6 Å². The summed E-state index contributed by atoms with van der Waals surface area (Å²) >= 11 is 0. The van der Waals surface area contributed by atoms with Crippen molar-refractivity contribution < 1.29 is 44.2 Å². The van der Waals surface area contributed by atoms with Crippen LogP contribution < -0.4 is 0 Å². The summed E-state index contributed by atoms with van der Waals surface area (Å²) in [5.41, 5.74) is 3.44. The summed E-state index contributed by atoms with van der Waals surface area (Å²) in [4.78, 5) is 34.3. The SMILES string of the molecule is O=C1C[C@@H]2[C@@H](/C=C/[C@@H](O)CCc3ccccc3)[C@H](O)C[C@@H]2O1.O=C1C[C@@H]2[C@@H](/C=C/[C@@H](O)CCc3ccccc3)[C@H](OOCc3ccccc3)C[C@@H]2O1. The number of carbonyl (C=O) groups is 2. The molecule has 2 aliphatic carbocycles. The topological polar surface area (TPSA) is 132 Å². The van der Waals surface area contributed by atoms with Crippen LogP contribution in [0, 0.1) is 23.7 Å². The van der Waals surface area contributed by atoms with Gasteiger partial charge in [-0.2, -0.15) is 0 Å². The van der Waals surface area contributed by atoms with Crippen LogP contribution in [0.3, 0.4) is 0 Å². The molecule has 3 aromatic carbocycles. The summed E-state index contributed by atoms with van der Waals surface area (Å²) in [5, 5.41) is 30.6. The second kappa shape index (κ2) is 18.6. The molecule has 3 aromatic rings. The Bertz CT molecular complexity index is 1610. The van der Waals surface area contributed by atoms with Crippen LogP contribution >= 0.6 is 0 Å². The summed E-state index contributed by atoms with van der Waals surface area (Å²) in [5.74, 6) is -0.325. The molecule has 52 heavy (non-hydrogen) atoms. The number of ether oxygens (including phenoxy) is 2. The molecule has 0 bridgehead atoms. The number of aryl methyl sites for hydroxylation is 2. The number of rotatable bonds is 14. The molecule has 3 N–H and O–H groups in total. The molecule has 2 heterocycles. The van der Waals surface area contributed by atoms with Gasteiger partial charge in [0.2, 0.25) is 0 Å². The zero-order valence-electron chi connectivity index (χ0n) is 29.4. The average molecular weight is 711 g/mol. The summed E-state index contributed by atoms with van der Waals surface area (Å²) in [6.45, 7) is 0.364. The second-order valence-electron chi connectivity index (χ2n) is 14.3. The average Bonchev–Trinajstić information content (AvgIpc) is 3.87. The van der Waals surface area contributed by atoms with Gasteiger partial charge in [-0.25, -0.2) is 9.78 Å². The van der Waals surface area contributed by atoms with Gasteiger partial charge < -0.3 is 24.8 Å². The quantitative estimate of drug-likeness (QED) is 0.0816. The van der Waals surface area contributed by atoms with E-state index in [-0.39, 0.29) is 53.9 Å². The molecule has 276 valence electrons. The van der Waals surface area contributed by atoms with Crippen LogP contribution in [0.5, 0.6) is 0 Å². The fourth-order valence-corrected chi connectivity index (χ4v) is 7.84. The minimum atomic E-state index is -0.548. The molecule has 10 atom stereocenters. The summed E-state index contributed by atoms with van der Waals surface area (Å²) < 4.78 is 10.7. The van der Waals surface area contributed by atoms with Gasteiger partial charge in [-0.15, -0.1) is 0 Å². The molecule has 0 amide bonds. The number of carbonyl (C=O) groups excluding carboxylic acids is 2. The first-order valence-corrected chi connectivity index (χ1v) is 18.5. The van der Waals surface area contributed by atoms with Crippen molar-refractivity contribution in [2.24, 2.45) is 23.7 Å². The highest BCUT2D eigenvalue weighted by molar-refractivity contribution is 5.73. The Labute approximate surface area is 305 Å². The van der Waals surface area contributed by atoms with E-state index in [0.717, 1.165) is 18.4 Å². The van der Waals surface area contributed by atoms with Gasteiger partial charge in [-0.3, -0.25) is 9.59 Å².